The number of piperidine rings is 1. The lowest BCUT2D eigenvalue weighted by Crippen LogP contribution is -2.40. The van der Waals surface area contributed by atoms with Crippen LogP contribution >= 0.6 is 11.3 Å². The second-order valence-corrected chi connectivity index (χ2v) is 7.53. The number of pyridine rings is 1. The summed E-state index contributed by atoms with van der Waals surface area (Å²) in [4.78, 5) is 19.0. The Labute approximate surface area is 162 Å². The molecule has 0 aliphatic carbocycles. The first-order valence-electron chi connectivity index (χ1n) is 9.11. The van der Waals surface area contributed by atoms with Crippen LogP contribution in [0.25, 0.3) is 10.7 Å². The van der Waals surface area contributed by atoms with Gasteiger partial charge in [-0.15, -0.1) is 10.2 Å². The van der Waals surface area contributed by atoms with Gasteiger partial charge in [-0.2, -0.15) is 0 Å². The van der Waals surface area contributed by atoms with Crippen molar-refractivity contribution in [1.29, 1.82) is 0 Å². The molecule has 0 bridgehead atoms. The molecule has 0 spiro atoms. The van der Waals surface area contributed by atoms with Crippen molar-refractivity contribution in [1.82, 2.24) is 20.5 Å². The van der Waals surface area contributed by atoms with Crippen LogP contribution in [0.15, 0.2) is 54.7 Å². The largest absolute Gasteiger partial charge is 0.352 e. The Morgan fingerprint density at radius 3 is 2.59 bits per heavy atom. The number of anilines is 1. The lowest BCUT2D eigenvalue weighted by molar-refractivity contribution is -0.125. The molecule has 1 aromatic carbocycles. The molecule has 1 aliphatic rings. The molecule has 6 nitrogen and oxygen atoms in total. The molecule has 4 rings (SSSR count). The zero-order chi connectivity index (χ0) is 18.5. The van der Waals surface area contributed by atoms with Gasteiger partial charge in [0.2, 0.25) is 11.0 Å². The molecule has 1 amide bonds. The minimum atomic E-state index is 0.0631. The number of carbonyl (C=O) groups excluding carboxylic acids is 1. The number of nitrogens with zero attached hydrogens (tertiary/aromatic N) is 4. The van der Waals surface area contributed by atoms with E-state index in [1.54, 1.807) is 17.5 Å². The number of aromatic nitrogens is 3. The van der Waals surface area contributed by atoms with E-state index < -0.39 is 0 Å². The van der Waals surface area contributed by atoms with Gasteiger partial charge in [-0.25, -0.2) is 0 Å². The fourth-order valence-corrected chi connectivity index (χ4v) is 4.07. The van der Waals surface area contributed by atoms with Crippen molar-refractivity contribution in [3.8, 4) is 10.7 Å². The van der Waals surface area contributed by atoms with Crippen LogP contribution in [0.3, 0.4) is 0 Å². The van der Waals surface area contributed by atoms with Crippen LogP contribution < -0.4 is 10.2 Å². The Balaban J connectivity index is 1.30. The van der Waals surface area contributed by atoms with E-state index >= 15 is 0 Å². The van der Waals surface area contributed by atoms with E-state index in [-0.39, 0.29) is 11.8 Å². The SMILES string of the molecule is O=C(NCc1ccccc1)C1CCN(c2nnc(-c3ccccn3)s2)CC1. The van der Waals surface area contributed by atoms with Crippen LogP contribution in [-0.2, 0) is 11.3 Å². The molecule has 0 radical (unpaired) electrons. The van der Waals surface area contributed by atoms with Gasteiger partial charge in [0, 0.05) is 31.7 Å². The first-order valence-corrected chi connectivity index (χ1v) is 9.93. The van der Waals surface area contributed by atoms with Crippen LogP contribution in [0.2, 0.25) is 0 Å². The van der Waals surface area contributed by atoms with Gasteiger partial charge in [0.1, 0.15) is 5.69 Å². The molecule has 138 valence electrons. The Bertz CT molecular complexity index is 876. The molecule has 1 fully saturated rings. The predicted octanol–water partition coefficient (Wildman–Crippen LogP) is 3.13. The lowest BCUT2D eigenvalue weighted by Gasteiger charge is -2.30. The summed E-state index contributed by atoms with van der Waals surface area (Å²) in [5, 5.41) is 13.4. The van der Waals surface area contributed by atoms with Gasteiger partial charge in [0.25, 0.3) is 0 Å². The standard InChI is InChI=1S/C20H21N5OS/c26-18(22-14-15-6-2-1-3-7-15)16-9-12-25(13-10-16)20-24-23-19(27-20)17-8-4-5-11-21-17/h1-8,11,16H,9-10,12-14H2,(H,22,26). The van der Waals surface area contributed by atoms with E-state index in [9.17, 15) is 4.79 Å². The highest BCUT2D eigenvalue weighted by atomic mass is 32.1. The van der Waals surface area contributed by atoms with E-state index in [1.165, 1.54) is 0 Å². The smallest absolute Gasteiger partial charge is 0.223 e. The van der Waals surface area contributed by atoms with Crippen LogP contribution in [0.5, 0.6) is 0 Å². The summed E-state index contributed by atoms with van der Waals surface area (Å²) in [6, 6.07) is 15.8. The summed E-state index contributed by atoms with van der Waals surface area (Å²) in [7, 11) is 0. The van der Waals surface area contributed by atoms with E-state index in [0.29, 0.717) is 6.54 Å². The number of rotatable bonds is 5. The van der Waals surface area contributed by atoms with Crippen molar-refractivity contribution in [2.75, 3.05) is 18.0 Å². The van der Waals surface area contributed by atoms with Crippen LogP contribution in [-0.4, -0.2) is 34.2 Å². The predicted molar refractivity (Wildman–Crippen MR) is 106 cm³/mol. The van der Waals surface area contributed by atoms with Crippen molar-refractivity contribution >= 4 is 22.4 Å². The normalized spacial score (nSPS) is 14.9. The molecule has 3 heterocycles. The molecule has 7 heteroatoms. The Hall–Kier alpha value is -2.80. The summed E-state index contributed by atoms with van der Waals surface area (Å²) < 4.78 is 0. The molecule has 1 aliphatic heterocycles. The zero-order valence-electron chi connectivity index (χ0n) is 14.9. The average molecular weight is 379 g/mol. The molecule has 27 heavy (non-hydrogen) atoms. The van der Waals surface area contributed by atoms with Crippen molar-refractivity contribution in [2.24, 2.45) is 5.92 Å². The van der Waals surface area contributed by atoms with Gasteiger partial charge in [0.05, 0.1) is 0 Å². The minimum absolute atomic E-state index is 0.0631. The van der Waals surface area contributed by atoms with Gasteiger partial charge in [-0.1, -0.05) is 47.7 Å². The molecule has 0 unspecified atom stereocenters. The van der Waals surface area contributed by atoms with Crippen LogP contribution in [0, 0.1) is 5.92 Å². The number of hydrogen-bond donors (Lipinski definition) is 1. The van der Waals surface area contributed by atoms with Crippen LogP contribution in [0.1, 0.15) is 18.4 Å². The van der Waals surface area contributed by atoms with Crippen molar-refractivity contribution in [2.45, 2.75) is 19.4 Å². The summed E-state index contributed by atoms with van der Waals surface area (Å²) in [6.45, 7) is 2.23. The van der Waals surface area contributed by atoms with E-state index in [0.717, 1.165) is 47.3 Å². The summed E-state index contributed by atoms with van der Waals surface area (Å²) in [5.74, 6) is 0.207. The maximum Gasteiger partial charge on any atom is 0.223 e. The van der Waals surface area contributed by atoms with Crippen molar-refractivity contribution in [3.05, 3.63) is 60.3 Å². The lowest BCUT2D eigenvalue weighted by atomic mass is 9.96. The van der Waals surface area contributed by atoms with Crippen LogP contribution in [0.4, 0.5) is 5.13 Å². The average Bonchev–Trinajstić information content (AvgIpc) is 3.24. The van der Waals surface area contributed by atoms with Gasteiger partial charge >= 0.3 is 0 Å². The number of carbonyl (C=O) groups is 1. The maximum atomic E-state index is 12.4. The zero-order valence-corrected chi connectivity index (χ0v) is 15.7. The molecule has 0 atom stereocenters. The molecular weight excluding hydrogens is 358 g/mol. The van der Waals surface area contributed by atoms with Gasteiger partial charge in [0.15, 0.2) is 5.01 Å². The van der Waals surface area contributed by atoms with Gasteiger partial charge in [-0.05, 0) is 30.5 Å². The first-order chi connectivity index (χ1) is 13.3. The molecular formula is C20H21N5OS. The highest BCUT2D eigenvalue weighted by molar-refractivity contribution is 7.18. The van der Waals surface area contributed by atoms with E-state index in [1.807, 2.05) is 48.5 Å². The molecule has 1 N–H and O–H groups in total. The summed E-state index contributed by atoms with van der Waals surface area (Å²) >= 11 is 1.55. The second-order valence-electron chi connectivity index (χ2n) is 6.57. The number of nitrogens with one attached hydrogen (secondary N) is 1. The van der Waals surface area contributed by atoms with E-state index in [4.69, 9.17) is 0 Å². The third-order valence-electron chi connectivity index (χ3n) is 4.74. The van der Waals surface area contributed by atoms with Gasteiger partial charge < -0.3 is 10.2 Å². The third-order valence-corrected chi connectivity index (χ3v) is 5.75. The monoisotopic (exact) mass is 379 g/mol. The van der Waals surface area contributed by atoms with E-state index in [2.05, 4.69) is 25.4 Å². The minimum Gasteiger partial charge on any atom is -0.352 e. The summed E-state index contributed by atoms with van der Waals surface area (Å²) in [6.07, 6.45) is 3.42. The number of benzene rings is 1. The molecule has 0 saturated carbocycles. The fourth-order valence-electron chi connectivity index (χ4n) is 3.20. The second kappa shape index (κ2) is 8.26. The first kappa shape index (κ1) is 17.6. The number of amides is 1. The van der Waals surface area contributed by atoms with Crippen molar-refractivity contribution in [3.63, 3.8) is 0 Å². The summed E-state index contributed by atoms with van der Waals surface area (Å²) in [5.41, 5.74) is 1.97. The third kappa shape index (κ3) is 4.31. The highest BCUT2D eigenvalue weighted by Crippen LogP contribution is 2.30. The highest BCUT2D eigenvalue weighted by Gasteiger charge is 2.26. The maximum absolute atomic E-state index is 12.4. The topological polar surface area (TPSA) is 71.0 Å². The Morgan fingerprint density at radius 2 is 1.85 bits per heavy atom. The molecule has 1 saturated heterocycles. The Kier molecular flexibility index (Phi) is 5.39. The quantitative estimate of drug-likeness (QED) is 0.737. The van der Waals surface area contributed by atoms with Crippen molar-refractivity contribution < 1.29 is 4.79 Å². The fraction of sp³-hybridized carbons (Fsp3) is 0.300. The number of hydrogen-bond acceptors (Lipinski definition) is 6. The molecule has 2 aromatic heterocycles. The molecule has 3 aromatic rings. The Morgan fingerprint density at radius 1 is 1.07 bits per heavy atom. The van der Waals surface area contributed by atoms with Gasteiger partial charge in [-0.3, -0.25) is 9.78 Å².